The number of hydrogen-bond donors (Lipinski definition) is 0. The van der Waals surface area contributed by atoms with Crippen molar-refractivity contribution < 1.29 is 14.3 Å². The fourth-order valence-electron chi connectivity index (χ4n) is 2.63. The molecule has 0 saturated heterocycles. The van der Waals surface area contributed by atoms with Crippen LogP contribution < -0.4 is 0 Å². The van der Waals surface area contributed by atoms with Crippen LogP contribution in [0.2, 0.25) is 0 Å². The van der Waals surface area contributed by atoms with Gasteiger partial charge in [-0.3, -0.25) is 9.59 Å². The summed E-state index contributed by atoms with van der Waals surface area (Å²) in [6.07, 6.45) is 20.6. The average molecular weight is 325 g/mol. The standard InChI is InChI=1S/C20H36O3/c1-3-4-5-6-7-8-9-10-11-12-13-14-15-16-17-19(2)20(22)23-18-21/h10-11,18-19H,3-9,12-17H2,1-2H3/b11-10-. The van der Waals surface area contributed by atoms with Gasteiger partial charge in [-0.15, -0.1) is 0 Å². The molecule has 0 saturated carbocycles. The molecule has 0 aromatic heterocycles. The second-order valence-electron chi connectivity index (χ2n) is 6.45. The fourth-order valence-corrected chi connectivity index (χ4v) is 2.63. The Bertz CT molecular complexity index is 310. The van der Waals surface area contributed by atoms with Gasteiger partial charge in [-0.1, -0.05) is 77.4 Å². The zero-order valence-corrected chi connectivity index (χ0v) is 15.2. The number of esters is 1. The van der Waals surface area contributed by atoms with E-state index < -0.39 is 5.97 Å². The van der Waals surface area contributed by atoms with Crippen molar-refractivity contribution in [1.29, 1.82) is 0 Å². The highest BCUT2D eigenvalue weighted by Crippen LogP contribution is 2.13. The van der Waals surface area contributed by atoms with Crippen LogP contribution in [0.15, 0.2) is 12.2 Å². The maximum Gasteiger partial charge on any atom is 0.316 e. The molecule has 3 nitrogen and oxygen atoms in total. The largest absolute Gasteiger partial charge is 0.395 e. The van der Waals surface area contributed by atoms with E-state index in [0.717, 1.165) is 19.3 Å². The van der Waals surface area contributed by atoms with Gasteiger partial charge in [0.2, 0.25) is 0 Å². The molecule has 0 aliphatic carbocycles. The minimum absolute atomic E-state index is 0.169. The average Bonchev–Trinajstić information content (AvgIpc) is 2.55. The van der Waals surface area contributed by atoms with Crippen LogP contribution >= 0.6 is 0 Å². The first-order valence-corrected chi connectivity index (χ1v) is 9.51. The molecule has 0 radical (unpaired) electrons. The molecule has 0 aromatic carbocycles. The van der Waals surface area contributed by atoms with Gasteiger partial charge < -0.3 is 4.74 Å². The summed E-state index contributed by atoms with van der Waals surface area (Å²) in [6.45, 7) is 4.29. The van der Waals surface area contributed by atoms with E-state index >= 15 is 0 Å². The predicted molar refractivity (Wildman–Crippen MR) is 96.2 cm³/mol. The van der Waals surface area contributed by atoms with Crippen LogP contribution in [0.1, 0.15) is 97.3 Å². The fraction of sp³-hybridized carbons (Fsp3) is 0.800. The maximum absolute atomic E-state index is 11.2. The Labute approximate surface area is 142 Å². The predicted octanol–water partition coefficient (Wildman–Crippen LogP) is 5.97. The van der Waals surface area contributed by atoms with Gasteiger partial charge in [-0.25, -0.2) is 0 Å². The number of carbonyl (C=O) groups excluding carboxylic acids is 2. The van der Waals surface area contributed by atoms with Crippen LogP contribution in [0.3, 0.4) is 0 Å². The molecule has 23 heavy (non-hydrogen) atoms. The summed E-state index contributed by atoms with van der Waals surface area (Å²) in [5.74, 6) is -0.574. The number of rotatable bonds is 16. The zero-order chi connectivity index (χ0) is 17.2. The van der Waals surface area contributed by atoms with E-state index in [1.165, 1.54) is 64.2 Å². The van der Waals surface area contributed by atoms with Crippen molar-refractivity contribution in [2.75, 3.05) is 0 Å². The molecule has 0 aliphatic heterocycles. The first-order valence-electron chi connectivity index (χ1n) is 9.51. The third-order valence-electron chi connectivity index (χ3n) is 4.22. The quantitative estimate of drug-likeness (QED) is 0.115. The lowest BCUT2D eigenvalue weighted by Crippen LogP contribution is -2.13. The molecule has 0 rings (SSSR count). The van der Waals surface area contributed by atoms with E-state index in [0.29, 0.717) is 0 Å². The Morgan fingerprint density at radius 1 is 0.870 bits per heavy atom. The van der Waals surface area contributed by atoms with Crippen molar-refractivity contribution in [2.24, 2.45) is 5.92 Å². The third kappa shape index (κ3) is 15.5. The molecule has 0 N–H and O–H groups in total. The Kier molecular flexibility index (Phi) is 16.4. The lowest BCUT2D eigenvalue weighted by Gasteiger charge is -2.07. The second-order valence-corrected chi connectivity index (χ2v) is 6.45. The van der Waals surface area contributed by atoms with Gasteiger partial charge in [0, 0.05) is 0 Å². The number of ether oxygens (including phenoxy) is 1. The van der Waals surface area contributed by atoms with Gasteiger partial charge in [-0.05, 0) is 32.1 Å². The summed E-state index contributed by atoms with van der Waals surface area (Å²) in [4.78, 5) is 21.3. The van der Waals surface area contributed by atoms with E-state index in [1.54, 1.807) is 0 Å². The van der Waals surface area contributed by atoms with Crippen LogP contribution in [-0.2, 0) is 14.3 Å². The maximum atomic E-state index is 11.2. The topological polar surface area (TPSA) is 43.4 Å². The highest BCUT2D eigenvalue weighted by molar-refractivity contribution is 5.78. The van der Waals surface area contributed by atoms with Crippen LogP contribution in [0.4, 0.5) is 0 Å². The highest BCUT2D eigenvalue weighted by Gasteiger charge is 2.13. The minimum atomic E-state index is -0.405. The Morgan fingerprint density at radius 2 is 1.39 bits per heavy atom. The normalized spacial score (nSPS) is 12.4. The molecule has 1 unspecified atom stereocenters. The molecule has 3 heteroatoms. The summed E-state index contributed by atoms with van der Waals surface area (Å²) in [6, 6.07) is 0. The van der Waals surface area contributed by atoms with Crippen molar-refractivity contribution in [3.63, 3.8) is 0 Å². The van der Waals surface area contributed by atoms with Crippen molar-refractivity contribution in [3.05, 3.63) is 12.2 Å². The number of allylic oxidation sites excluding steroid dienone is 2. The summed E-state index contributed by atoms with van der Waals surface area (Å²) < 4.78 is 4.34. The molecular weight excluding hydrogens is 288 g/mol. The molecule has 0 amide bonds. The summed E-state index contributed by atoms with van der Waals surface area (Å²) in [7, 11) is 0. The summed E-state index contributed by atoms with van der Waals surface area (Å²) in [5.41, 5.74) is 0. The molecule has 0 fully saturated rings. The van der Waals surface area contributed by atoms with Crippen molar-refractivity contribution in [1.82, 2.24) is 0 Å². The van der Waals surface area contributed by atoms with E-state index in [4.69, 9.17) is 0 Å². The molecular formula is C20H36O3. The van der Waals surface area contributed by atoms with Gasteiger partial charge in [-0.2, -0.15) is 0 Å². The van der Waals surface area contributed by atoms with Gasteiger partial charge >= 0.3 is 12.4 Å². The molecule has 134 valence electrons. The van der Waals surface area contributed by atoms with Gasteiger partial charge in [0.1, 0.15) is 0 Å². The number of carbonyl (C=O) groups is 2. The molecule has 0 heterocycles. The lowest BCUT2D eigenvalue weighted by atomic mass is 10.0. The Hall–Kier alpha value is -1.12. The monoisotopic (exact) mass is 324 g/mol. The Balaban J connectivity index is 3.27. The zero-order valence-electron chi connectivity index (χ0n) is 15.2. The van der Waals surface area contributed by atoms with Crippen LogP contribution in [-0.4, -0.2) is 12.4 Å². The smallest absolute Gasteiger partial charge is 0.316 e. The SMILES string of the molecule is CCCCCCCC/C=C\CCCCCCC(C)C(=O)OC=O. The molecule has 1 atom stereocenters. The summed E-state index contributed by atoms with van der Waals surface area (Å²) in [5, 5.41) is 0. The second kappa shape index (κ2) is 17.2. The first-order chi connectivity index (χ1) is 11.2. The van der Waals surface area contributed by atoms with E-state index in [-0.39, 0.29) is 12.4 Å². The van der Waals surface area contributed by atoms with Crippen LogP contribution in [0, 0.1) is 5.92 Å². The number of hydrogen-bond acceptors (Lipinski definition) is 3. The van der Waals surface area contributed by atoms with E-state index in [2.05, 4.69) is 23.8 Å². The van der Waals surface area contributed by atoms with Gasteiger partial charge in [0.15, 0.2) is 0 Å². The van der Waals surface area contributed by atoms with Crippen LogP contribution in [0.5, 0.6) is 0 Å². The molecule has 0 bridgehead atoms. The highest BCUT2D eigenvalue weighted by atomic mass is 16.6. The van der Waals surface area contributed by atoms with Gasteiger partial charge in [0.05, 0.1) is 5.92 Å². The minimum Gasteiger partial charge on any atom is -0.395 e. The number of unbranched alkanes of at least 4 members (excludes halogenated alkanes) is 10. The molecule has 0 aromatic rings. The first kappa shape index (κ1) is 21.9. The molecule has 0 spiro atoms. The third-order valence-corrected chi connectivity index (χ3v) is 4.22. The lowest BCUT2D eigenvalue weighted by molar-refractivity contribution is -0.154. The van der Waals surface area contributed by atoms with Crippen molar-refractivity contribution in [3.8, 4) is 0 Å². The summed E-state index contributed by atoms with van der Waals surface area (Å²) >= 11 is 0. The van der Waals surface area contributed by atoms with Crippen molar-refractivity contribution in [2.45, 2.75) is 97.3 Å². The van der Waals surface area contributed by atoms with Gasteiger partial charge in [0.25, 0.3) is 0 Å². The Morgan fingerprint density at radius 3 is 1.96 bits per heavy atom. The van der Waals surface area contributed by atoms with Crippen molar-refractivity contribution >= 4 is 12.4 Å². The van der Waals surface area contributed by atoms with E-state index in [9.17, 15) is 9.59 Å². The van der Waals surface area contributed by atoms with Crippen LogP contribution in [0.25, 0.3) is 0 Å². The van der Waals surface area contributed by atoms with E-state index in [1.807, 2.05) is 6.92 Å². The molecule has 0 aliphatic rings.